The van der Waals surface area contributed by atoms with Crippen LogP contribution < -0.4 is 0 Å². The molecule has 0 amide bonds. The number of carbonyl (C=O) groups is 2. The van der Waals surface area contributed by atoms with Gasteiger partial charge in [0, 0.05) is 0 Å². The van der Waals surface area contributed by atoms with Crippen molar-refractivity contribution in [1.82, 2.24) is 0 Å². The minimum Gasteiger partial charge on any atom is -0.461 e. The van der Waals surface area contributed by atoms with Crippen LogP contribution in [0.5, 0.6) is 0 Å². The molecular weight excluding hydrogens is 264 g/mol. The lowest BCUT2D eigenvalue weighted by molar-refractivity contribution is 0.0458. The highest BCUT2D eigenvalue weighted by molar-refractivity contribution is 7.15. The van der Waals surface area contributed by atoms with Crippen LogP contribution >= 0.6 is 11.3 Å². The van der Waals surface area contributed by atoms with Crippen molar-refractivity contribution in [2.24, 2.45) is 11.8 Å². The average molecular weight is 284 g/mol. The Kier molecular flexibility index (Phi) is 6.02. The summed E-state index contributed by atoms with van der Waals surface area (Å²) in [5, 5.41) is 0. The average Bonchev–Trinajstić information content (AvgIpc) is 2.82. The smallest absolute Gasteiger partial charge is 0.348 e. The maximum absolute atomic E-state index is 11.7. The van der Waals surface area contributed by atoms with Crippen molar-refractivity contribution >= 4 is 23.3 Å². The third-order valence-corrected chi connectivity index (χ3v) is 3.15. The summed E-state index contributed by atoms with van der Waals surface area (Å²) < 4.78 is 10.2. The lowest BCUT2D eigenvalue weighted by atomic mass is 10.2. The molecule has 1 rings (SSSR count). The number of hydrogen-bond donors (Lipinski definition) is 0. The van der Waals surface area contributed by atoms with Crippen LogP contribution in [-0.4, -0.2) is 25.2 Å². The molecule has 0 aliphatic rings. The molecule has 0 bridgehead atoms. The summed E-state index contributed by atoms with van der Waals surface area (Å²) in [6.07, 6.45) is 0. The zero-order valence-electron chi connectivity index (χ0n) is 11.8. The summed E-state index contributed by atoms with van der Waals surface area (Å²) in [5.41, 5.74) is 0. The molecule has 1 heterocycles. The SMILES string of the molecule is CC(C)COC(=O)c1ccc(C(=O)OCC(C)C)s1. The highest BCUT2D eigenvalue weighted by Gasteiger charge is 2.16. The van der Waals surface area contributed by atoms with E-state index in [1.807, 2.05) is 27.7 Å². The van der Waals surface area contributed by atoms with E-state index >= 15 is 0 Å². The second-order valence-electron chi connectivity index (χ2n) is 5.15. The number of carbonyl (C=O) groups excluding carboxylic acids is 2. The van der Waals surface area contributed by atoms with Gasteiger partial charge in [-0.1, -0.05) is 27.7 Å². The summed E-state index contributed by atoms with van der Waals surface area (Å²) >= 11 is 1.10. The number of esters is 2. The van der Waals surface area contributed by atoms with Gasteiger partial charge >= 0.3 is 11.9 Å². The molecule has 0 N–H and O–H groups in total. The van der Waals surface area contributed by atoms with E-state index in [2.05, 4.69) is 0 Å². The van der Waals surface area contributed by atoms with Crippen LogP contribution in [0.4, 0.5) is 0 Å². The van der Waals surface area contributed by atoms with Crippen LogP contribution in [0.25, 0.3) is 0 Å². The number of thiophene rings is 1. The van der Waals surface area contributed by atoms with Gasteiger partial charge in [0.2, 0.25) is 0 Å². The Hall–Kier alpha value is -1.36. The minimum atomic E-state index is -0.387. The van der Waals surface area contributed by atoms with Crippen molar-refractivity contribution in [1.29, 1.82) is 0 Å². The van der Waals surface area contributed by atoms with E-state index < -0.39 is 0 Å². The lowest BCUT2D eigenvalue weighted by Crippen LogP contribution is -2.09. The summed E-state index contributed by atoms with van der Waals surface area (Å²) in [6.45, 7) is 8.63. The Morgan fingerprint density at radius 1 is 0.947 bits per heavy atom. The van der Waals surface area contributed by atoms with Gasteiger partial charge in [-0.3, -0.25) is 0 Å². The normalized spacial score (nSPS) is 10.8. The minimum absolute atomic E-state index is 0.291. The van der Waals surface area contributed by atoms with Crippen molar-refractivity contribution in [2.75, 3.05) is 13.2 Å². The van der Waals surface area contributed by atoms with Crippen molar-refractivity contribution in [3.05, 3.63) is 21.9 Å². The summed E-state index contributed by atoms with van der Waals surface area (Å²) in [6, 6.07) is 3.19. The Balaban J connectivity index is 2.56. The second kappa shape index (κ2) is 7.28. The monoisotopic (exact) mass is 284 g/mol. The third-order valence-electron chi connectivity index (χ3n) is 2.10. The van der Waals surface area contributed by atoms with E-state index in [0.29, 0.717) is 34.8 Å². The first-order valence-electron chi connectivity index (χ1n) is 6.34. The van der Waals surface area contributed by atoms with Crippen molar-refractivity contribution in [3.8, 4) is 0 Å². The molecular formula is C14H20O4S. The van der Waals surface area contributed by atoms with Crippen LogP contribution in [0.3, 0.4) is 0 Å². The van der Waals surface area contributed by atoms with E-state index in [-0.39, 0.29) is 11.9 Å². The fourth-order valence-corrected chi connectivity index (χ4v) is 1.98. The standard InChI is InChI=1S/C14H20O4S/c1-9(2)7-17-13(15)11-5-6-12(19-11)14(16)18-8-10(3)4/h5-6,9-10H,7-8H2,1-4H3. The molecule has 0 aliphatic carbocycles. The van der Waals surface area contributed by atoms with Gasteiger partial charge in [-0.05, 0) is 24.0 Å². The van der Waals surface area contributed by atoms with Gasteiger partial charge in [-0.25, -0.2) is 9.59 Å². The van der Waals surface area contributed by atoms with Crippen LogP contribution in [0, 0.1) is 11.8 Å². The molecule has 0 saturated heterocycles. The molecule has 0 unspecified atom stereocenters. The second-order valence-corrected chi connectivity index (χ2v) is 6.23. The predicted octanol–water partition coefficient (Wildman–Crippen LogP) is 3.37. The highest BCUT2D eigenvalue weighted by Crippen LogP contribution is 2.19. The number of ether oxygens (including phenoxy) is 2. The molecule has 0 radical (unpaired) electrons. The molecule has 0 fully saturated rings. The molecule has 0 aliphatic heterocycles. The van der Waals surface area contributed by atoms with Crippen LogP contribution in [0.15, 0.2) is 12.1 Å². The maximum atomic E-state index is 11.7. The predicted molar refractivity (Wildman–Crippen MR) is 74.6 cm³/mol. The molecule has 0 spiro atoms. The number of rotatable bonds is 6. The molecule has 0 saturated carbocycles. The van der Waals surface area contributed by atoms with Gasteiger partial charge in [0.05, 0.1) is 13.2 Å². The Morgan fingerprint density at radius 2 is 1.32 bits per heavy atom. The van der Waals surface area contributed by atoms with E-state index in [1.54, 1.807) is 12.1 Å². The molecule has 0 aromatic carbocycles. The topological polar surface area (TPSA) is 52.6 Å². The first-order valence-corrected chi connectivity index (χ1v) is 7.16. The molecule has 1 aromatic heterocycles. The first-order chi connectivity index (χ1) is 8.90. The molecule has 5 heteroatoms. The maximum Gasteiger partial charge on any atom is 0.348 e. The largest absolute Gasteiger partial charge is 0.461 e. The lowest BCUT2D eigenvalue weighted by Gasteiger charge is -2.06. The van der Waals surface area contributed by atoms with Gasteiger partial charge in [0.1, 0.15) is 9.75 Å². The quantitative estimate of drug-likeness (QED) is 0.751. The van der Waals surface area contributed by atoms with Crippen LogP contribution in [-0.2, 0) is 9.47 Å². The van der Waals surface area contributed by atoms with E-state index in [0.717, 1.165) is 11.3 Å². The molecule has 106 valence electrons. The third kappa shape index (κ3) is 5.42. The Bertz CT molecular complexity index is 396. The van der Waals surface area contributed by atoms with Crippen LogP contribution in [0.1, 0.15) is 47.0 Å². The summed E-state index contributed by atoms with van der Waals surface area (Å²) in [5.74, 6) is -0.193. The van der Waals surface area contributed by atoms with Gasteiger partial charge in [0.25, 0.3) is 0 Å². The Labute approximate surface area is 117 Å². The van der Waals surface area contributed by atoms with Gasteiger partial charge in [0.15, 0.2) is 0 Å². The fourth-order valence-electron chi connectivity index (χ4n) is 1.18. The van der Waals surface area contributed by atoms with E-state index in [4.69, 9.17) is 9.47 Å². The molecule has 1 aromatic rings. The van der Waals surface area contributed by atoms with Crippen molar-refractivity contribution < 1.29 is 19.1 Å². The Morgan fingerprint density at radius 3 is 1.63 bits per heavy atom. The van der Waals surface area contributed by atoms with Gasteiger partial charge < -0.3 is 9.47 Å². The molecule has 19 heavy (non-hydrogen) atoms. The molecule has 4 nitrogen and oxygen atoms in total. The summed E-state index contributed by atoms with van der Waals surface area (Å²) in [4.78, 5) is 24.2. The van der Waals surface area contributed by atoms with E-state index in [9.17, 15) is 9.59 Å². The zero-order chi connectivity index (χ0) is 14.4. The van der Waals surface area contributed by atoms with Gasteiger partial charge in [-0.15, -0.1) is 11.3 Å². The zero-order valence-corrected chi connectivity index (χ0v) is 12.6. The number of hydrogen-bond acceptors (Lipinski definition) is 5. The van der Waals surface area contributed by atoms with Crippen LogP contribution in [0.2, 0.25) is 0 Å². The van der Waals surface area contributed by atoms with Crippen molar-refractivity contribution in [2.45, 2.75) is 27.7 Å². The van der Waals surface area contributed by atoms with E-state index in [1.165, 1.54) is 0 Å². The molecule has 0 atom stereocenters. The summed E-state index contributed by atoms with van der Waals surface area (Å²) in [7, 11) is 0. The first kappa shape index (κ1) is 15.7. The van der Waals surface area contributed by atoms with Gasteiger partial charge in [-0.2, -0.15) is 0 Å². The highest BCUT2D eigenvalue weighted by atomic mass is 32.1. The van der Waals surface area contributed by atoms with Crippen molar-refractivity contribution in [3.63, 3.8) is 0 Å². The fraction of sp³-hybridized carbons (Fsp3) is 0.571.